The van der Waals surface area contributed by atoms with Gasteiger partial charge in [0.2, 0.25) is 0 Å². The number of benzene rings is 2. The number of carbonyl (C=O) groups is 3. The summed E-state index contributed by atoms with van der Waals surface area (Å²) in [6, 6.07) is 12.8. The van der Waals surface area contributed by atoms with Crippen LogP contribution in [-0.4, -0.2) is 41.7 Å². The molecule has 0 aliphatic carbocycles. The molecule has 5 nitrogen and oxygen atoms in total. The molecule has 0 spiro atoms. The van der Waals surface area contributed by atoms with E-state index in [0.717, 1.165) is 0 Å². The van der Waals surface area contributed by atoms with E-state index in [1.165, 1.54) is 23.5 Å². The van der Waals surface area contributed by atoms with Gasteiger partial charge in [-0.15, -0.1) is 0 Å². The lowest BCUT2D eigenvalue weighted by Crippen LogP contribution is -2.11. The standard InChI is InChI=1S/C19H18O5S2/c1-25-11-17(20)23-15-7-3-13(4-8-15)19(22)14-5-9-16(10-6-14)24-18(21)12-26-2/h3-10H,11-12H2,1-2H3. The fourth-order valence-corrected chi connectivity index (χ4v) is 2.66. The third kappa shape index (κ3) is 5.93. The highest BCUT2D eigenvalue weighted by molar-refractivity contribution is 7.99. The Morgan fingerprint density at radius 1 is 0.692 bits per heavy atom. The number of hydrogen-bond acceptors (Lipinski definition) is 7. The zero-order valence-electron chi connectivity index (χ0n) is 14.4. The first-order valence-corrected chi connectivity index (χ1v) is 10.5. The van der Waals surface area contributed by atoms with Gasteiger partial charge in [-0.05, 0) is 61.0 Å². The van der Waals surface area contributed by atoms with Crippen LogP contribution >= 0.6 is 23.5 Å². The molecule has 2 aromatic rings. The molecule has 0 saturated heterocycles. The molecule has 0 aromatic heterocycles. The molecule has 0 heterocycles. The van der Waals surface area contributed by atoms with Crippen molar-refractivity contribution >= 4 is 41.2 Å². The van der Waals surface area contributed by atoms with Gasteiger partial charge in [0.15, 0.2) is 5.78 Å². The Morgan fingerprint density at radius 2 is 1.04 bits per heavy atom. The highest BCUT2D eigenvalue weighted by atomic mass is 32.2. The maximum atomic E-state index is 12.5. The molecule has 0 aliphatic heterocycles. The van der Waals surface area contributed by atoms with Gasteiger partial charge >= 0.3 is 11.9 Å². The Kier molecular flexibility index (Phi) is 7.74. The number of ether oxygens (including phenoxy) is 2. The average molecular weight is 390 g/mol. The predicted molar refractivity (Wildman–Crippen MR) is 104 cm³/mol. The Morgan fingerprint density at radius 3 is 1.35 bits per heavy atom. The van der Waals surface area contributed by atoms with Gasteiger partial charge < -0.3 is 9.47 Å². The molecule has 0 saturated carbocycles. The zero-order valence-corrected chi connectivity index (χ0v) is 16.0. The number of carbonyl (C=O) groups excluding carboxylic acids is 3. The minimum absolute atomic E-state index is 0.172. The Balaban J connectivity index is 2.02. The number of esters is 2. The first-order chi connectivity index (χ1) is 12.5. The molecule has 2 aromatic carbocycles. The topological polar surface area (TPSA) is 69.7 Å². The lowest BCUT2D eigenvalue weighted by molar-refractivity contribution is -0.132. The molecular formula is C19H18O5S2. The molecule has 2 rings (SSSR count). The van der Waals surface area contributed by atoms with E-state index in [9.17, 15) is 14.4 Å². The van der Waals surface area contributed by atoms with Gasteiger partial charge in [-0.1, -0.05) is 0 Å². The number of ketones is 1. The van der Waals surface area contributed by atoms with Crippen molar-refractivity contribution in [1.29, 1.82) is 0 Å². The third-order valence-electron chi connectivity index (χ3n) is 3.22. The lowest BCUT2D eigenvalue weighted by Gasteiger charge is -2.06. The third-order valence-corrected chi connectivity index (χ3v) is 4.27. The molecule has 0 bridgehead atoms. The van der Waals surface area contributed by atoms with E-state index < -0.39 is 0 Å². The number of hydrogen-bond donors (Lipinski definition) is 0. The quantitative estimate of drug-likeness (QED) is 0.388. The van der Waals surface area contributed by atoms with Gasteiger partial charge in [-0.3, -0.25) is 14.4 Å². The normalized spacial score (nSPS) is 10.2. The predicted octanol–water partition coefficient (Wildman–Crippen LogP) is 3.45. The molecule has 7 heteroatoms. The highest BCUT2D eigenvalue weighted by Gasteiger charge is 2.11. The van der Waals surface area contributed by atoms with Crippen molar-refractivity contribution in [2.24, 2.45) is 0 Å². The van der Waals surface area contributed by atoms with Crippen LogP contribution in [0.25, 0.3) is 0 Å². The van der Waals surface area contributed by atoms with Gasteiger partial charge in [0.05, 0.1) is 11.5 Å². The number of thioether (sulfide) groups is 2. The van der Waals surface area contributed by atoms with Crippen LogP contribution in [0.15, 0.2) is 48.5 Å². The second-order valence-corrected chi connectivity index (χ2v) is 6.92. The van der Waals surface area contributed by atoms with Crippen LogP contribution in [0.2, 0.25) is 0 Å². The smallest absolute Gasteiger partial charge is 0.321 e. The van der Waals surface area contributed by atoms with E-state index in [2.05, 4.69) is 0 Å². The van der Waals surface area contributed by atoms with E-state index in [1.54, 1.807) is 48.5 Å². The highest BCUT2D eigenvalue weighted by Crippen LogP contribution is 2.18. The summed E-state index contributed by atoms with van der Waals surface area (Å²) in [6.07, 6.45) is 3.63. The second kappa shape index (κ2) is 10.0. The van der Waals surface area contributed by atoms with E-state index in [-0.39, 0.29) is 29.2 Å². The SMILES string of the molecule is CSCC(=O)Oc1ccc(C(=O)c2ccc(OC(=O)CSC)cc2)cc1. The summed E-state index contributed by atoms with van der Waals surface area (Å²) in [6.45, 7) is 0. The summed E-state index contributed by atoms with van der Waals surface area (Å²) < 4.78 is 10.3. The summed E-state index contributed by atoms with van der Waals surface area (Å²) in [5.74, 6) is 0.511. The minimum Gasteiger partial charge on any atom is -0.426 e. The van der Waals surface area contributed by atoms with Crippen LogP contribution < -0.4 is 9.47 Å². The molecule has 0 radical (unpaired) electrons. The van der Waals surface area contributed by atoms with Gasteiger partial charge in [0.1, 0.15) is 11.5 Å². The van der Waals surface area contributed by atoms with Crippen LogP contribution in [0.1, 0.15) is 15.9 Å². The Hall–Kier alpha value is -2.25. The van der Waals surface area contributed by atoms with E-state index in [1.807, 2.05) is 12.5 Å². The first kappa shape index (κ1) is 20.1. The molecule has 0 unspecified atom stereocenters. The molecular weight excluding hydrogens is 372 g/mol. The Labute approximate surface area is 160 Å². The van der Waals surface area contributed by atoms with E-state index in [0.29, 0.717) is 22.6 Å². The maximum Gasteiger partial charge on any atom is 0.321 e. The summed E-state index contributed by atoms with van der Waals surface area (Å²) in [5.41, 5.74) is 0.948. The fourth-order valence-electron chi connectivity index (χ4n) is 2.07. The van der Waals surface area contributed by atoms with Crippen molar-refractivity contribution in [2.75, 3.05) is 24.0 Å². The molecule has 26 heavy (non-hydrogen) atoms. The maximum absolute atomic E-state index is 12.5. The second-order valence-electron chi connectivity index (χ2n) is 5.19. The minimum atomic E-state index is -0.330. The molecule has 136 valence electrons. The van der Waals surface area contributed by atoms with Crippen LogP contribution in [0.3, 0.4) is 0 Å². The van der Waals surface area contributed by atoms with Crippen LogP contribution in [0, 0.1) is 0 Å². The van der Waals surface area contributed by atoms with Crippen LogP contribution in [0.5, 0.6) is 11.5 Å². The van der Waals surface area contributed by atoms with Crippen molar-refractivity contribution < 1.29 is 23.9 Å². The summed E-state index contributed by atoms with van der Waals surface area (Å²) in [5, 5.41) is 0. The van der Waals surface area contributed by atoms with Crippen molar-refractivity contribution in [3.63, 3.8) is 0 Å². The van der Waals surface area contributed by atoms with Crippen LogP contribution in [-0.2, 0) is 9.59 Å². The van der Waals surface area contributed by atoms with Crippen molar-refractivity contribution in [3.8, 4) is 11.5 Å². The monoisotopic (exact) mass is 390 g/mol. The summed E-state index contributed by atoms with van der Waals surface area (Å²) in [7, 11) is 0. The van der Waals surface area contributed by atoms with Crippen molar-refractivity contribution in [3.05, 3.63) is 59.7 Å². The molecule has 0 atom stereocenters. The molecule has 0 N–H and O–H groups in total. The first-order valence-electron chi connectivity index (χ1n) is 7.67. The zero-order chi connectivity index (χ0) is 18.9. The average Bonchev–Trinajstić information content (AvgIpc) is 2.63. The van der Waals surface area contributed by atoms with Gasteiger partial charge in [0.25, 0.3) is 0 Å². The number of rotatable bonds is 8. The van der Waals surface area contributed by atoms with Gasteiger partial charge in [-0.2, -0.15) is 23.5 Å². The summed E-state index contributed by atoms with van der Waals surface area (Å²) >= 11 is 2.76. The van der Waals surface area contributed by atoms with Gasteiger partial charge in [-0.25, -0.2) is 0 Å². The fraction of sp³-hybridized carbons (Fsp3) is 0.211. The molecule has 0 aliphatic rings. The Bertz CT molecular complexity index is 704. The lowest BCUT2D eigenvalue weighted by atomic mass is 10.0. The van der Waals surface area contributed by atoms with Crippen molar-refractivity contribution in [1.82, 2.24) is 0 Å². The summed E-state index contributed by atoms with van der Waals surface area (Å²) in [4.78, 5) is 35.4. The van der Waals surface area contributed by atoms with Gasteiger partial charge in [0, 0.05) is 11.1 Å². The van der Waals surface area contributed by atoms with Crippen molar-refractivity contribution in [2.45, 2.75) is 0 Å². The van der Waals surface area contributed by atoms with Crippen LogP contribution in [0.4, 0.5) is 0 Å². The largest absolute Gasteiger partial charge is 0.426 e. The molecule has 0 amide bonds. The van der Waals surface area contributed by atoms with E-state index >= 15 is 0 Å². The molecule has 0 fully saturated rings. The van der Waals surface area contributed by atoms with E-state index in [4.69, 9.17) is 9.47 Å².